The molecule has 17 heavy (non-hydrogen) atoms. The van der Waals surface area contributed by atoms with Crippen molar-refractivity contribution in [3.05, 3.63) is 24.3 Å². The van der Waals surface area contributed by atoms with Crippen molar-refractivity contribution in [1.29, 1.82) is 0 Å². The van der Waals surface area contributed by atoms with Gasteiger partial charge in [0.1, 0.15) is 0 Å². The summed E-state index contributed by atoms with van der Waals surface area (Å²) in [6.07, 6.45) is 8.28. The standard InChI is InChI=1S/C15H28O2/c1-12(2)15(6,17)11-9-7-8-10-14(4,5)13(3)16/h8-13,16-17H,7H2,1-6H3/b10-8+,11-9+. The molecular weight excluding hydrogens is 212 g/mol. The van der Waals surface area contributed by atoms with Crippen LogP contribution in [-0.2, 0) is 0 Å². The van der Waals surface area contributed by atoms with Crippen LogP contribution in [0, 0.1) is 11.3 Å². The average Bonchev–Trinajstić information content (AvgIpc) is 2.16. The molecule has 2 atom stereocenters. The third-order valence-corrected chi connectivity index (χ3v) is 3.52. The Hall–Kier alpha value is -0.600. The first kappa shape index (κ1) is 16.4. The molecule has 0 bridgehead atoms. The van der Waals surface area contributed by atoms with Gasteiger partial charge in [0.15, 0.2) is 0 Å². The Labute approximate surface area is 106 Å². The summed E-state index contributed by atoms with van der Waals surface area (Å²) < 4.78 is 0. The minimum absolute atomic E-state index is 0.200. The lowest BCUT2D eigenvalue weighted by Crippen LogP contribution is -2.27. The summed E-state index contributed by atoms with van der Waals surface area (Å²) in [6, 6.07) is 0. The Bertz CT molecular complexity index is 243. The van der Waals surface area contributed by atoms with Gasteiger partial charge in [0.25, 0.3) is 0 Å². The summed E-state index contributed by atoms with van der Waals surface area (Å²) in [5.41, 5.74) is -0.942. The van der Waals surface area contributed by atoms with Crippen LogP contribution in [0.25, 0.3) is 0 Å². The fourth-order valence-electron chi connectivity index (χ4n) is 1.09. The Morgan fingerprint density at radius 3 is 1.88 bits per heavy atom. The van der Waals surface area contributed by atoms with Gasteiger partial charge in [0, 0.05) is 5.41 Å². The van der Waals surface area contributed by atoms with Crippen molar-refractivity contribution in [2.24, 2.45) is 11.3 Å². The fourth-order valence-corrected chi connectivity index (χ4v) is 1.09. The zero-order valence-electron chi connectivity index (χ0n) is 12.1. The zero-order chi connectivity index (χ0) is 13.7. The summed E-state index contributed by atoms with van der Waals surface area (Å²) in [6.45, 7) is 11.6. The minimum atomic E-state index is -0.742. The molecule has 0 saturated carbocycles. The lowest BCUT2D eigenvalue weighted by molar-refractivity contribution is 0.0624. The van der Waals surface area contributed by atoms with Gasteiger partial charge in [0.2, 0.25) is 0 Å². The van der Waals surface area contributed by atoms with E-state index >= 15 is 0 Å². The third-order valence-electron chi connectivity index (χ3n) is 3.52. The maximum Gasteiger partial charge on any atom is 0.0822 e. The molecule has 0 aliphatic carbocycles. The van der Waals surface area contributed by atoms with Crippen molar-refractivity contribution in [2.45, 2.75) is 59.7 Å². The number of hydrogen-bond acceptors (Lipinski definition) is 2. The number of aliphatic hydroxyl groups excluding tert-OH is 1. The van der Waals surface area contributed by atoms with Crippen LogP contribution in [0.1, 0.15) is 48.0 Å². The fraction of sp³-hybridized carbons (Fsp3) is 0.733. The molecule has 0 heterocycles. The highest BCUT2D eigenvalue weighted by atomic mass is 16.3. The van der Waals surface area contributed by atoms with Crippen LogP contribution in [0.5, 0.6) is 0 Å². The molecule has 0 aromatic carbocycles. The van der Waals surface area contributed by atoms with Crippen LogP contribution < -0.4 is 0 Å². The SMILES string of the molecule is CC(O)C(C)(C)/C=C/C/C=C/C(C)(O)C(C)C. The van der Waals surface area contributed by atoms with Gasteiger partial charge in [0.05, 0.1) is 11.7 Å². The highest BCUT2D eigenvalue weighted by molar-refractivity contribution is 5.05. The van der Waals surface area contributed by atoms with Crippen molar-refractivity contribution in [1.82, 2.24) is 0 Å². The van der Waals surface area contributed by atoms with E-state index in [0.717, 1.165) is 6.42 Å². The second kappa shape index (κ2) is 6.36. The smallest absolute Gasteiger partial charge is 0.0822 e. The lowest BCUT2D eigenvalue weighted by Gasteiger charge is -2.24. The van der Waals surface area contributed by atoms with Gasteiger partial charge in [-0.25, -0.2) is 0 Å². The van der Waals surface area contributed by atoms with Crippen molar-refractivity contribution >= 4 is 0 Å². The Balaban J connectivity index is 4.25. The molecule has 0 spiro atoms. The molecule has 0 fully saturated rings. The minimum Gasteiger partial charge on any atom is -0.393 e. The molecule has 2 unspecified atom stereocenters. The summed E-state index contributed by atoms with van der Waals surface area (Å²) in [7, 11) is 0. The molecule has 0 saturated heterocycles. The molecule has 0 radical (unpaired) electrons. The van der Waals surface area contributed by atoms with Crippen LogP contribution in [0.15, 0.2) is 24.3 Å². The van der Waals surface area contributed by atoms with Gasteiger partial charge < -0.3 is 10.2 Å². The first-order valence-corrected chi connectivity index (χ1v) is 6.35. The molecule has 2 N–H and O–H groups in total. The van der Waals surface area contributed by atoms with Gasteiger partial charge in [-0.2, -0.15) is 0 Å². The summed E-state index contributed by atoms with van der Waals surface area (Å²) >= 11 is 0. The molecule has 100 valence electrons. The van der Waals surface area contributed by atoms with E-state index in [1.807, 2.05) is 58.9 Å². The number of hydrogen-bond donors (Lipinski definition) is 2. The first-order chi connectivity index (χ1) is 7.59. The van der Waals surface area contributed by atoms with E-state index in [1.165, 1.54) is 0 Å². The van der Waals surface area contributed by atoms with Crippen molar-refractivity contribution in [2.75, 3.05) is 0 Å². The van der Waals surface area contributed by atoms with E-state index in [2.05, 4.69) is 0 Å². The second-order valence-corrected chi connectivity index (χ2v) is 5.92. The Morgan fingerprint density at radius 1 is 1.00 bits per heavy atom. The molecular formula is C15H28O2. The summed E-state index contributed by atoms with van der Waals surface area (Å²) in [5.74, 6) is 0.205. The zero-order valence-corrected chi connectivity index (χ0v) is 12.1. The van der Waals surface area contributed by atoms with Crippen LogP contribution in [0.3, 0.4) is 0 Å². The van der Waals surface area contributed by atoms with Crippen molar-refractivity contribution in [3.63, 3.8) is 0 Å². The van der Waals surface area contributed by atoms with Gasteiger partial charge in [-0.3, -0.25) is 0 Å². The van der Waals surface area contributed by atoms with Crippen LogP contribution in [0.2, 0.25) is 0 Å². The Kier molecular flexibility index (Phi) is 6.14. The van der Waals surface area contributed by atoms with E-state index in [9.17, 15) is 10.2 Å². The largest absolute Gasteiger partial charge is 0.393 e. The molecule has 0 aliphatic rings. The highest BCUT2D eigenvalue weighted by Crippen LogP contribution is 2.22. The van der Waals surface area contributed by atoms with Gasteiger partial charge >= 0.3 is 0 Å². The van der Waals surface area contributed by atoms with Crippen LogP contribution in [0.4, 0.5) is 0 Å². The van der Waals surface area contributed by atoms with Crippen LogP contribution in [-0.4, -0.2) is 21.9 Å². The van der Waals surface area contributed by atoms with Gasteiger partial charge in [-0.1, -0.05) is 52.0 Å². The normalized spacial score (nSPS) is 19.1. The number of aliphatic hydroxyl groups is 2. The molecule has 0 aliphatic heterocycles. The maximum atomic E-state index is 9.99. The highest BCUT2D eigenvalue weighted by Gasteiger charge is 2.21. The molecule has 2 nitrogen and oxygen atoms in total. The maximum absolute atomic E-state index is 9.99. The third kappa shape index (κ3) is 6.04. The molecule has 0 aromatic rings. The first-order valence-electron chi connectivity index (χ1n) is 6.35. The van der Waals surface area contributed by atoms with Gasteiger partial charge in [-0.05, 0) is 26.2 Å². The number of rotatable bonds is 6. The van der Waals surface area contributed by atoms with E-state index in [1.54, 1.807) is 6.92 Å². The molecule has 0 rings (SSSR count). The molecule has 0 amide bonds. The van der Waals surface area contributed by atoms with Crippen molar-refractivity contribution < 1.29 is 10.2 Å². The van der Waals surface area contributed by atoms with E-state index in [0.29, 0.717) is 0 Å². The van der Waals surface area contributed by atoms with Crippen LogP contribution >= 0.6 is 0 Å². The topological polar surface area (TPSA) is 40.5 Å². The average molecular weight is 240 g/mol. The van der Waals surface area contributed by atoms with E-state index in [-0.39, 0.29) is 17.4 Å². The summed E-state index contributed by atoms with van der Waals surface area (Å²) in [5, 5.41) is 19.5. The molecule has 0 aromatic heterocycles. The van der Waals surface area contributed by atoms with Crippen molar-refractivity contribution in [3.8, 4) is 0 Å². The number of allylic oxidation sites excluding steroid dienone is 2. The monoisotopic (exact) mass is 240 g/mol. The Morgan fingerprint density at radius 2 is 1.47 bits per heavy atom. The van der Waals surface area contributed by atoms with Gasteiger partial charge in [-0.15, -0.1) is 0 Å². The lowest BCUT2D eigenvalue weighted by atomic mass is 9.87. The predicted octanol–water partition coefficient (Wildman–Crippen LogP) is 3.30. The van der Waals surface area contributed by atoms with E-state index < -0.39 is 5.60 Å². The molecule has 2 heteroatoms. The summed E-state index contributed by atoms with van der Waals surface area (Å²) in [4.78, 5) is 0. The second-order valence-electron chi connectivity index (χ2n) is 5.92. The van der Waals surface area contributed by atoms with E-state index in [4.69, 9.17) is 0 Å². The predicted molar refractivity (Wildman–Crippen MR) is 73.8 cm³/mol. The quantitative estimate of drug-likeness (QED) is 0.699.